The Morgan fingerprint density at radius 2 is 1.78 bits per heavy atom. The Balaban J connectivity index is 1.66. The van der Waals surface area contributed by atoms with Crippen molar-refractivity contribution in [1.29, 1.82) is 0 Å². The van der Waals surface area contributed by atoms with E-state index in [9.17, 15) is 4.39 Å². The molecular weight excluding hydrogens is 233 g/mol. The highest BCUT2D eigenvalue weighted by atomic mass is 19.1. The Kier molecular flexibility index (Phi) is 3.30. The smallest absolute Gasteiger partial charge is 0.117 e. The molecule has 3 atom stereocenters. The van der Waals surface area contributed by atoms with Gasteiger partial charge in [-0.05, 0) is 7.05 Å². The van der Waals surface area contributed by atoms with Crippen LogP contribution in [0, 0.1) is 0 Å². The van der Waals surface area contributed by atoms with Crippen molar-refractivity contribution in [3.8, 4) is 0 Å². The van der Waals surface area contributed by atoms with Gasteiger partial charge in [0.2, 0.25) is 0 Å². The molecule has 102 valence electrons. The molecule has 0 aromatic heterocycles. The normalized spacial score (nSPS) is 38.7. The average Bonchev–Trinajstić information content (AvgIpc) is 2.25. The molecule has 3 aliphatic heterocycles. The fourth-order valence-electron chi connectivity index (χ4n) is 3.44. The van der Waals surface area contributed by atoms with Gasteiger partial charge in [-0.1, -0.05) is 0 Å². The van der Waals surface area contributed by atoms with Gasteiger partial charge in [-0.2, -0.15) is 0 Å². The van der Waals surface area contributed by atoms with Crippen molar-refractivity contribution >= 4 is 0 Å². The second-order valence-electron chi connectivity index (χ2n) is 5.93. The summed E-state index contributed by atoms with van der Waals surface area (Å²) in [7, 11) is 4.09. The van der Waals surface area contributed by atoms with E-state index in [4.69, 9.17) is 4.74 Å². The van der Waals surface area contributed by atoms with E-state index >= 15 is 0 Å². The van der Waals surface area contributed by atoms with Crippen molar-refractivity contribution in [2.75, 3.05) is 46.8 Å². The molecule has 3 unspecified atom stereocenters. The van der Waals surface area contributed by atoms with E-state index in [2.05, 4.69) is 16.8 Å². The van der Waals surface area contributed by atoms with E-state index < -0.39 is 0 Å². The summed E-state index contributed by atoms with van der Waals surface area (Å²) in [5, 5.41) is 0. The molecule has 0 amide bonds. The monoisotopic (exact) mass is 255 g/mol. The van der Waals surface area contributed by atoms with Gasteiger partial charge in [0.15, 0.2) is 0 Å². The van der Waals surface area contributed by atoms with Crippen LogP contribution in [-0.4, -0.2) is 79.8 Å². The van der Waals surface area contributed by atoms with E-state index in [1.165, 1.54) is 0 Å². The number of hydrogen-bond acceptors (Lipinski definition) is 4. The highest BCUT2D eigenvalue weighted by Crippen LogP contribution is 2.25. The van der Waals surface area contributed by atoms with Crippen molar-refractivity contribution in [3.05, 3.63) is 12.0 Å². The van der Waals surface area contributed by atoms with E-state index in [1.54, 1.807) is 6.20 Å². The molecule has 3 rings (SSSR count). The van der Waals surface area contributed by atoms with Gasteiger partial charge in [0.25, 0.3) is 0 Å². The summed E-state index contributed by atoms with van der Waals surface area (Å²) in [4.78, 5) is 6.72. The summed E-state index contributed by atoms with van der Waals surface area (Å²) >= 11 is 0. The Bertz CT molecular complexity index is 331. The van der Waals surface area contributed by atoms with E-state index in [-0.39, 0.29) is 5.83 Å². The van der Waals surface area contributed by atoms with Crippen LogP contribution in [0.4, 0.5) is 4.39 Å². The fourth-order valence-corrected chi connectivity index (χ4v) is 3.44. The van der Waals surface area contributed by atoms with Gasteiger partial charge >= 0.3 is 0 Å². The summed E-state index contributed by atoms with van der Waals surface area (Å²) in [5.41, 5.74) is 0. The van der Waals surface area contributed by atoms with Crippen molar-refractivity contribution in [3.63, 3.8) is 0 Å². The lowest BCUT2D eigenvalue weighted by Crippen LogP contribution is -2.61. The third kappa shape index (κ3) is 2.53. The SMILES string of the molecule is CN1C=C(F)CC(N2CC3CN(C)CC(C2)O3)C1. The number of hydrogen-bond donors (Lipinski definition) is 0. The van der Waals surface area contributed by atoms with Crippen LogP contribution in [0.25, 0.3) is 0 Å². The number of likely N-dealkylation sites (N-methyl/N-ethyl adjacent to an activating group) is 2. The van der Waals surface area contributed by atoms with Gasteiger partial charge in [0, 0.05) is 58.4 Å². The van der Waals surface area contributed by atoms with Gasteiger partial charge in [-0.15, -0.1) is 0 Å². The molecule has 2 fully saturated rings. The Labute approximate surface area is 108 Å². The quantitative estimate of drug-likeness (QED) is 0.680. The van der Waals surface area contributed by atoms with Crippen LogP contribution in [0.2, 0.25) is 0 Å². The number of ether oxygens (including phenoxy) is 1. The van der Waals surface area contributed by atoms with Crippen molar-refractivity contribution in [1.82, 2.24) is 14.7 Å². The van der Waals surface area contributed by atoms with Gasteiger partial charge in [0.1, 0.15) is 5.83 Å². The van der Waals surface area contributed by atoms with E-state index in [0.29, 0.717) is 24.7 Å². The second-order valence-corrected chi connectivity index (χ2v) is 5.93. The summed E-state index contributed by atoms with van der Waals surface area (Å²) in [6.07, 6.45) is 2.76. The zero-order valence-corrected chi connectivity index (χ0v) is 11.2. The van der Waals surface area contributed by atoms with E-state index in [1.807, 2.05) is 11.9 Å². The zero-order chi connectivity index (χ0) is 12.7. The highest BCUT2D eigenvalue weighted by molar-refractivity contribution is 5.02. The zero-order valence-electron chi connectivity index (χ0n) is 11.2. The van der Waals surface area contributed by atoms with Crippen LogP contribution in [0.1, 0.15) is 6.42 Å². The molecule has 0 aliphatic carbocycles. The Morgan fingerprint density at radius 1 is 1.11 bits per heavy atom. The number of fused-ring (bicyclic) bond motifs is 2. The molecular formula is C13H22FN3O. The molecule has 3 heterocycles. The lowest BCUT2D eigenvalue weighted by atomic mass is 10.0. The first-order chi connectivity index (χ1) is 8.60. The first kappa shape index (κ1) is 12.4. The number of morpholine rings is 2. The van der Waals surface area contributed by atoms with Gasteiger partial charge in [0.05, 0.1) is 12.2 Å². The highest BCUT2D eigenvalue weighted by Gasteiger charge is 2.37. The first-order valence-electron chi connectivity index (χ1n) is 6.74. The average molecular weight is 255 g/mol. The summed E-state index contributed by atoms with van der Waals surface area (Å²) < 4.78 is 19.5. The van der Waals surface area contributed by atoms with Crippen LogP contribution in [0.3, 0.4) is 0 Å². The minimum absolute atomic E-state index is 0.00233. The second kappa shape index (κ2) is 4.79. The lowest BCUT2D eigenvalue weighted by molar-refractivity contribution is -0.143. The Morgan fingerprint density at radius 3 is 2.39 bits per heavy atom. The molecule has 2 bridgehead atoms. The Hall–Kier alpha value is -0.650. The minimum Gasteiger partial charge on any atom is -0.377 e. The van der Waals surface area contributed by atoms with Gasteiger partial charge < -0.3 is 14.5 Å². The third-order valence-corrected chi connectivity index (χ3v) is 4.10. The maximum atomic E-state index is 13.5. The molecule has 0 spiro atoms. The van der Waals surface area contributed by atoms with Crippen molar-refractivity contribution < 1.29 is 9.13 Å². The lowest BCUT2D eigenvalue weighted by Gasteiger charge is -2.48. The molecule has 3 aliphatic rings. The molecule has 4 nitrogen and oxygen atoms in total. The molecule has 0 saturated carbocycles. The minimum atomic E-state index is 0.00233. The predicted molar refractivity (Wildman–Crippen MR) is 68.0 cm³/mol. The molecule has 0 aromatic rings. The maximum Gasteiger partial charge on any atom is 0.117 e. The number of nitrogens with zero attached hydrogens (tertiary/aromatic N) is 3. The van der Waals surface area contributed by atoms with Crippen LogP contribution in [-0.2, 0) is 4.74 Å². The molecule has 0 aromatic carbocycles. The van der Waals surface area contributed by atoms with Crippen molar-refractivity contribution in [2.45, 2.75) is 24.7 Å². The van der Waals surface area contributed by atoms with Crippen LogP contribution < -0.4 is 0 Å². The van der Waals surface area contributed by atoms with Gasteiger partial charge in [-0.3, -0.25) is 4.90 Å². The van der Waals surface area contributed by atoms with E-state index in [0.717, 1.165) is 32.7 Å². The summed E-state index contributed by atoms with van der Waals surface area (Å²) in [6, 6.07) is 0.303. The van der Waals surface area contributed by atoms with Gasteiger partial charge in [-0.25, -0.2) is 4.39 Å². The predicted octanol–water partition coefficient (Wildman–Crippen LogP) is 0.516. The van der Waals surface area contributed by atoms with Crippen LogP contribution in [0.5, 0.6) is 0 Å². The van der Waals surface area contributed by atoms with Crippen LogP contribution in [0.15, 0.2) is 12.0 Å². The fraction of sp³-hybridized carbons (Fsp3) is 0.846. The topological polar surface area (TPSA) is 19.0 Å². The molecule has 2 saturated heterocycles. The number of halogens is 1. The van der Waals surface area contributed by atoms with Crippen molar-refractivity contribution in [2.24, 2.45) is 0 Å². The summed E-state index contributed by atoms with van der Waals surface area (Å²) in [6.45, 7) is 4.78. The largest absolute Gasteiger partial charge is 0.377 e. The molecule has 0 radical (unpaired) electrons. The molecule has 5 heteroatoms. The molecule has 18 heavy (non-hydrogen) atoms. The summed E-state index contributed by atoms with van der Waals surface area (Å²) in [5.74, 6) is 0.00233. The molecule has 0 N–H and O–H groups in total. The third-order valence-electron chi connectivity index (χ3n) is 4.10. The van der Waals surface area contributed by atoms with Crippen LogP contribution >= 0.6 is 0 Å². The standard InChI is InChI=1S/C13H22FN3O/c1-15-4-10(14)3-11(5-15)17-8-12-6-16(2)7-13(9-17)18-12/h4,11-13H,3,5-9H2,1-2H3. The number of rotatable bonds is 1. The maximum absolute atomic E-state index is 13.5. The first-order valence-corrected chi connectivity index (χ1v) is 6.74.